The molecule has 1 N–H and O–H groups in total. The maximum Gasteiger partial charge on any atom is 0.339 e. The van der Waals surface area contributed by atoms with E-state index in [0.29, 0.717) is 0 Å². The fourth-order valence-electron chi connectivity index (χ4n) is 2.07. The number of nitrogens with zero attached hydrogens (tertiary/aromatic N) is 2. The summed E-state index contributed by atoms with van der Waals surface area (Å²) in [5.74, 6) is -1.05. The Morgan fingerprint density at radius 2 is 2.32 bits per heavy atom. The van der Waals surface area contributed by atoms with Crippen molar-refractivity contribution in [2.75, 3.05) is 20.1 Å². The number of likely N-dealkylation sites (N-methyl/N-ethyl adjacent to an activating group) is 1. The van der Waals surface area contributed by atoms with Gasteiger partial charge in [0, 0.05) is 25.2 Å². The highest BCUT2D eigenvalue weighted by Gasteiger charge is 2.24. The van der Waals surface area contributed by atoms with Gasteiger partial charge in [0.15, 0.2) is 0 Å². The average molecular weight is 266 g/mol. The van der Waals surface area contributed by atoms with Crippen molar-refractivity contribution in [2.24, 2.45) is 0 Å². The van der Waals surface area contributed by atoms with Gasteiger partial charge in [0.25, 0.3) is 5.69 Å². The number of aromatic carboxylic acids is 1. The molecule has 2 rings (SSSR count). The molecule has 7 heteroatoms. The van der Waals surface area contributed by atoms with E-state index in [2.05, 4.69) is 4.90 Å². The van der Waals surface area contributed by atoms with Crippen molar-refractivity contribution in [3.8, 4) is 5.75 Å². The van der Waals surface area contributed by atoms with Gasteiger partial charge in [-0.15, -0.1) is 0 Å². The number of carboxylic acids is 1. The number of rotatable bonds is 4. The number of likely N-dealkylation sites (tertiary alicyclic amines) is 1. The lowest BCUT2D eigenvalue weighted by molar-refractivity contribution is -0.384. The fourth-order valence-corrected chi connectivity index (χ4v) is 2.07. The van der Waals surface area contributed by atoms with Gasteiger partial charge < -0.3 is 14.7 Å². The molecule has 0 aliphatic carbocycles. The lowest BCUT2D eigenvalue weighted by atomic mass is 10.1. The summed E-state index contributed by atoms with van der Waals surface area (Å²) in [6.07, 6.45) is 0.733. The van der Waals surface area contributed by atoms with Crippen LogP contribution in [0.1, 0.15) is 16.8 Å². The molecule has 1 fully saturated rings. The smallest absolute Gasteiger partial charge is 0.339 e. The Morgan fingerprint density at radius 3 is 2.84 bits per heavy atom. The zero-order valence-electron chi connectivity index (χ0n) is 10.4. The Kier molecular flexibility index (Phi) is 3.66. The maximum atomic E-state index is 11.1. The topological polar surface area (TPSA) is 92.9 Å². The largest absolute Gasteiger partial charge is 0.488 e. The van der Waals surface area contributed by atoms with Gasteiger partial charge in [-0.3, -0.25) is 10.1 Å². The Bertz CT molecular complexity index is 517. The molecule has 1 aliphatic rings. The van der Waals surface area contributed by atoms with Crippen LogP contribution in [0.4, 0.5) is 5.69 Å². The number of hydrogen-bond donors (Lipinski definition) is 1. The Balaban J connectivity index is 2.24. The van der Waals surface area contributed by atoms with Crippen LogP contribution in [0.15, 0.2) is 18.2 Å². The molecule has 0 saturated carbocycles. The molecule has 1 heterocycles. The molecule has 0 aromatic heterocycles. The van der Waals surface area contributed by atoms with Crippen LogP contribution in [0, 0.1) is 10.1 Å². The molecule has 0 radical (unpaired) electrons. The van der Waals surface area contributed by atoms with Crippen molar-refractivity contribution < 1.29 is 19.6 Å². The lowest BCUT2D eigenvalue weighted by Gasteiger charge is -2.15. The van der Waals surface area contributed by atoms with E-state index in [9.17, 15) is 14.9 Å². The van der Waals surface area contributed by atoms with E-state index >= 15 is 0 Å². The predicted molar refractivity (Wildman–Crippen MR) is 66.6 cm³/mol. The van der Waals surface area contributed by atoms with Crippen molar-refractivity contribution in [3.05, 3.63) is 33.9 Å². The van der Waals surface area contributed by atoms with E-state index in [1.165, 1.54) is 12.1 Å². The van der Waals surface area contributed by atoms with Crippen LogP contribution >= 0.6 is 0 Å². The number of ether oxygens (including phenoxy) is 1. The van der Waals surface area contributed by atoms with Gasteiger partial charge in [0.05, 0.1) is 4.92 Å². The molecule has 0 spiro atoms. The summed E-state index contributed by atoms with van der Waals surface area (Å²) in [4.78, 5) is 23.2. The lowest BCUT2D eigenvalue weighted by Crippen LogP contribution is -2.22. The SMILES string of the molecule is CN1CCC(Oc2ccc([N+](=O)[O-])cc2C(=O)O)C1. The Labute approximate surface area is 109 Å². The number of hydrogen-bond acceptors (Lipinski definition) is 5. The fraction of sp³-hybridized carbons (Fsp3) is 0.417. The summed E-state index contributed by atoms with van der Waals surface area (Å²) >= 11 is 0. The van der Waals surface area contributed by atoms with Crippen molar-refractivity contribution in [1.82, 2.24) is 4.90 Å². The minimum absolute atomic E-state index is 0.0791. The van der Waals surface area contributed by atoms with Crippen LogP contribution < -0.4 is 4.74 Å². The third-order valence-electron chi connectivity index (χ3n) is 3.05. The Morgan fingerprint density at radius 1 is 1.58 bits per heavy atom. The first-order valence-electron chi connectivity index (χ1n) is 5.84. The molecule has 0 bridgehead atoms. The van der Waals surface area contributed by atoms with Crippen molar-refractivity contribution in [2.45, 2.75) is 12.5 Å². The number of carboxylic acid groups (broad SMARTS) is 1. The average Bonchev–Trinajstić information content (AvgIpc) is 2.74. The number of carbonyl (C=O) groups is 1. The highest BCUT2D eigenvalue weighted by molar-refractivity contribution is 5.91. The molecular formula is C12H14N2O5. The monoisotopic (exact) mass is 266 g/mol. The van der Waals surface area contributed by atoms with Crippen LogP contribution in [0.25, 0.3) is 0 Å². The normalized spacial score (nSPS) is 19.3. The molecule has 1 aromatic rings. The van der Waals surface area contributed by atoms with Crippen LogP contribution in [0.3, 0.4) is 0 Å². The van der Waals surface area contributed by atoms with Crippen molar-refractivity contribution in [3.63, 3.8) is 0 Å². The minimum atomic E-state index is -1.23. The van der Waals surface area contributed by atoms with Gasteiger partial charge >= 0.3 is 5.97 Å². The molecule has 1 atom stereocenters. The second-order valence-electron chi connectivity index (χ2n) is 4.53. The van der Waals surface area contributed by atoms with E-state index in [1.54, 1.807) is 0 Å². The first-order valence-corrected chi connectivity index (χ1v) is 5.84. The summed E-state index contributed by atoms with van der Waals surface area (Å²) in [5, 5.41) is 19.7. The first kappa shape index (κ1) is 13.3. The zero-order chi connectivity index (χ0) is 14.0. The summed E-state index contributed by atoms with van der Waals surface area (Å²) in [6, 6.07) is 3.62. The summed E-state index contributed by atoms with van der Waals surface area (Å²) < 4.78 is 5.63. The summed E-state index contributed by atoms with van der Waals surface area (Å²) in [6.45, 7) is 1.61. The number of nitro benzene ring substituents is 1. The first-order chi connectivity index (χ1) is 8.97. The van der Waals surface area contributed by atoms with Gasteiger partial charge in [0.1, 0.15) is 17.4 Å². The second kappa shape index (κ2) is 5.23. The number of benzene rings is 1. The van der Waals surface area contributed by atoms with Gasteiger partial charge in [-0.05, 0) is 19.5 Å². The molecule has 102 valence electrons. The molecule has 7 nitrogen and oxygen atoms in total. The third-order valence-corrected chi connectivity index (χ3v) is 3.05. The number of non-ortho nitro benzene ring substituents is 1. The summed E-state index contributed by atoms with van der Waals surface area (Å²) in [7, 11) is 1.96. The molecular weight excluding hydrogens is 252 g/mol. The van der Waals surface area contributed by atoms with Gasteiger partial charge in [-0.2, -0.15) is 0 Å². The third kappa shape index (κ3) is 3.00. The molecule has 19 heavy (non-hydrogen) atoms. The van der Waals surface area contributed by atoms with E-state index in [-0.39, 0.29) is 23.1 Å². The maximum absolute atomic E-state index is 11.1. The van der Waals surface area contributed by atoms with Crippen LogP contribution in [0.5, 0.6) is 5.75 Å². The van der Waals surface area contributed by atoms with Crippen LogP contribution in [0.2, 0.25) is 0 Å². The number of nitro groups is 1. The predicted octanol–water partition coefficient (Wildman–Crippen LogP) is 1.38. The van der Waals surface area contributed by atoms with Crippen molar-refractivity contribution >= 4 is 11.7 Å². The van der Waals surface area contributed by atoms with Crippen LogP contribution in [-0.2, 0) is 0 Å². The van der Waals surface area contributed by atoms with E-state index < -0.39 is 10.9 Å². The standard InChI is InChI=1S/C12H14N2O5/c1-13-5-4-9(7-13)19-11-3-2-8(14(17)18)6-10(11)12(15)16/h2-3,6,9H,4-5,7H2,1H3,(H,15,16). The molecule has 1 aromatic carbocycles. The highest BCUT2D eigenvalue weighted by atomic mass is 16.6. The molecule has 0 amide bonds. The van der Waals surface area contributed by atoms with Crippen LogP contribution in [-0.4, -0.2) is 47.1 Å². The minimum Gasteiger partial charge on any atom is -0.488 e. The van der Waals surface area contributed by atoms with Gasteiger partial charge in [-0.25, -0.2) is 4.79 Å². The zero-order valence-corrected chi connectivity index (χ0v) is 10.4. The Hall–Kier alpha value is -2.15. The molecule has 1 aliphatic heterocycles. The second-order valence-corrected chi connectivity index (χ2v) is 4.53. The van der Waals surface area contributed by atoms with E-state index in [0.717, 1.165) is 25.6 Å². The van der Waals surface area contributed by atoms with Gasteiger partial charge in [0.2, 0.25) is 0 Å². The van der Waals surface area contributed by atoms with E-state index in [4.69, 9.17) is 9.84 Å². The molecule has 1 saturated heterocycles. The molecule has 1 unspecified atom stereocenters. The van der Waals surface area contributed by atoms with E-state index in [1.807, 2.05) is 7.05 Å². The van der Waals surface area contributed by atoms with Gasteiger partial charge in [-0.1, -0.05) is 0 Å². The quantitative estimate of drug-likeness (QED) is 0.653. The van der Waals surface area contributed by atoms with Crippen molar-refractivity contribution in [1.29, 1.82) is 0 Å². The summed E-state index contributed by atoms with van der Waals surface area (Å²) in [5.41, 5.74) is -0.433. The highest BCUT2D eigenvalue weighted by Crippen LogP contribution is 2.26.